The molecule has 10 heteroatoms. The lowest BCUT2D eigenvalue weighted by atomic mass is 9.91. The fourth-order valence-electron chi connectivity index (χ4n) is 4.94. The van der Waals surface area contributed by atoms with Crippen LogP contribution in [0.1, 0.15) is 43.5 Å². The Bertz CT molecular complexity index is 1210. The molecule has 7 nitrogen and oxygen atoms in total. The number of ether oxygens (including phenoxy) is 4. The lowest BCUT2D eigenvalue weighted by molar-refractivity contribution is -0.214. The molecule has 6 rings (SSSR count). The minimum atomic E-state index is -1.25. The van der Waals surface area contributed by atoms with Crippen molar-refractivity contribution >= 4 is 34.2 Å². The minimum absolute atomic E-state index is 0.0839. The van der Waals surface area contributed by atoms with Crippen LogP contribution in [0.4, 0.5) is 4.39 Å². The van der Waals surface area contributed by atoms with Gasteiger partial charge in [-0.2, -0.15) is 0 Å². The predicted octanol–water partition coefficient (Wildman–Crippen LogP) is 4.94. The molecule has 0 bridgehead atoms. The number of alkyl halides is 1. The van der Waals surface area contributed by atoms with E-state index in [1.807, 2.05) is 30.7 Å². The molecule has 168 valence electrons. The Morgan fingerprint density at radius 1 is 1.06 bits per heavy atom. The van der Waals surface area contributed by atoms with Crippen molar-refractivity contribution in [3.05, 3.63) is 58.1 Å². The largest absolute Gasteiger partial charge is 0.367 e. The van der Waals surface area contributed by atoms with Crippen LogP contribution in [0.25, 0.3) is 11.0 Å². The quantitative estimate of drug-likeness (QED) is 0.485. The first kappa shape index (κ1) is 20.8. The summed E-state index contributed by atoms with van der Waals surface area (Å²) in [5, 5.41) is 1.55. The van der Waals surface area contributed by atoms with Crippen LogP contribution >= 0.6 is 23.2 Å². The number of fused-ring (bicyclic) bond motifs is 3. The third kappa shape index (κ3) is 3.16. The lowest BCUT2D eigenvalue weighted by Gasteiger charge is -2.34. The smallest absolute Gasteiger partial charge is 0.164 e. The molecule has 1 aromatic carbocycles. The Labute approximate surface area is 193 Å². The minimum Gasteiger partial charge on any atom is -0.367 e. The van der Waals surface area contributed by atoms with Crippen molar-refractivity contribution in [1.82, 2.24) is 14.5 Å². The van der Waals surface area contributed by atoms with Gasteiger partial charge in [-0.15, -0.1) is 0 Å². The zero-order valence-corrected chi connectivity index (χ0v) is 18.8. The average Bonchev–Trinajstić information content (AvgIpc) is 3.40. The third-order valence-electron chi connectivity index (χ3n) is 6.21. The monoisotopic (exact) mass is 479 g/mol. The van der Waals surface area contributed by atoms with Crippen LogP contribution in [0.3, 0.4) is 0 Å². The first-order valence-corrected chi connectivity index (χ1v) is 11.1. The van der Waals surface area contributed by atoms with Crippen LogP contribution in [0, 0.1) is 0 Å². The van der Waals surface area contributed by atoms with Crippen LogP contribution in [-0.4, -0.2) is 45.2 Å². The number of halogens is 3. The molecule has 3 aliphatic rings. The van der Waals surface area contributed by atoms with E-state index in [2.05, 4.69) is 9.97 Å². The fourth-order valence-corrected chi connectivity index (χ4v) is 5.31. The van der Waals surface area contributed by atoms with Crippen molar-refractivity contribution in [2.24, 2.45) is 0 Å². The molecule has 3 aromatic rings. The zero-order valence-electron chi connectivity index (χ0n) is 17.2. The molecule has 6 atom stereocenters. The summed E-state index contributed by atoms with van der Waals surface area (Å²) in [5.41, 5.74) is 1.85. The molecule has 2 aromatic heterocycles. The van der Waals surface area contributed by atoms with Gasteiger partial charge in [0.25, 0.3) is 0 Å². The maximum atomic E-state index is 14.6. The van der Waals surface area contributed by atoms with E-state index in [1.165, 1.54) is 6.33 Å². The standard InChI is InChI=1S/C22H20Cl2FN3O4/c1-22(2)31-17-16(15-11-4-3-10(23)7-13(11)14(25)8-29-15)30-21(18(17)32-22)28-6-5-12-19(24)26-9-27-20(12)28/h3-7,9,14-18,21H,8H2,1-2H3/t14-,15+,16-,17+,18+,21+/m0/s1. The first-order chi connectivity index (χ1) is 15.3. The molecule has 0 radical (unpaired) electrons. The highest BCUT2D eigenvalue weighted by atomic mass is 35.5. The third-order valence-corrected chi connectivity index (χ3v) is 6.75. The summed E-state index contributed by atoms with van der Waals surface area (Å²) in [5.74, 6) is -0.814. The van der Waals surface area contributed by atoms with E-state index in [9.17, 15) is 4.39 Å². The van der Waals surface area contributed by atoms with Crippen molar-refractivity contribution in [2.45, 2.75) is 56.5 Å². The second-order valence-corrected chi connectivity index (χ2v) is 9.47. The highest BCUT2D eigenvalue weighted by molar-refractivity contribution is 6.33. The van der Waals surface area contributed by atoms with Gasteiger partial charge >= 0.3 is 0 Å². The highest BCUT2D eigenvalue weighted by Crippen LogP contribution is 2.50. The van der Waals surface area contributed by atoms with Crippen molar-refractivity contribution in [1.29, 1.82) is 0 Å². The Morgan fingerprint density at radius 3 is 2.72 bits per heavy atom. The molecular weight excluding hydrogens is 460 g/mol. The van der Waals surface area contributed by atoms with Crippen LogP contribution in [0.5, 0.6) is 0 Å². The van der Waals surface area contributed by atoms with Crippen LogP contribution in [0.2, 0.25) is 10.2 Å². The Morgan fingerprint density at radius 2 is 1.88 bits per heavy atom. The van der Waals surface area contributed by atoms with Gasteiger partial charge in [0.15, 0.2) is 12.0 Å². The number of rotatable bonds is 2. The normalized spacial score (nSPS) is 33.4. The van der Waals surface area contributed by atoms with E-state index in [0.29, 0.717) is 32.3 Å². The van der Waals surface area contributed by atoms with Gasteiger partial charge in [-0.05, 0) is 43.2 Å². The van der Waals surface area contributed by atoms with Gasteiger partial charge < -0.3 is 23.5 Å². The van der Waals surface area contributed by atoms with Crippen LogP contribution in [0.15, 0.2) is 36.8 Å². The molecule has 5 heterocycles. The van der Waals surface area contributed by atoms with E-state index in [1.54, 1.807) is 18.2 Å². The van der Waals surface area contributed by atoms with Crippen LogP contribution in [-0.2, 0) is 18.9 Å². The summed E-state index contributed by atoms with van der Waals surface area (Å²) in [6, 6.07) is 7.01. The topological polar surface area (TPSA) is 67.6 Å². The fraction of sp³-hybridized carbons (Fsp3) is 0.455. The van der Waals surface area contributed by atoms with Gasteiger partial charge in [0.2, 0.25) is 0 Å². The molecule has 2 fully saturated rings. The number of aromatic nitrogens is 3. The molecule has 3 aliphatic heterocycles. The molecular formula is C22H20Cl2FN3O4. The molecule has 0 amide bonds. The second-order valence-electron chi connectivity index (χ2n) is 8.68. The average molecular weight is 480 g/mol. The summed E-state index contributed by atoms with van der Waals surface area (Å²) < 4.78 is 41.4. The number of benzene rings is 1. The van der Waals surface area contributed by atoms with Gasteiger partial charge in [-0.3, -0.25) is 0 Å². The van der Waals surface area contributed by atoms with Gasteiger partial charge in [0.05, 0.1) is 12.0 Å². The molecule has 2 saturated heterocycles. The van der Waals surface area contributed by atoms with Crippen molar-refractivity contribution in [2.75, 3.05) is 6.61 Å². The summed E-state index contributed by atoms with van der Waals surface area (Å²) in [6.45, 7) is 3.64. The Kier molecular flexibility index (Phi) is 4.77. The Hall–Kier alpha value is -1.81. The molecule has 0 aliphatic carbocycles. The van der Waals surface area contributed by atoms with Gasteiger partial charge in [0.1, 0.15) is 47.7 Å². The Balaban J connectivity index is 1.42. The van der Waals surface area contributed by atoms with Crippen LogP contribution < -0.4 is 0 Å². The van der Waals surface area contributed by atoms with Gasteiger partial charge in [-0.25, -0.2) is 14.4 Å². The maximum absolute atomic E-state index is 14.6. The lowest BCUT2D eigenvalue weighted by Crippen LogP contribution is -2.37. The first-order valence-electron chi connectivity index (χ1n) is 10.4. The summed E-state index contributed by atoms with van der Waals surface area (Å²) in [6.07, 6.45) is -0.478. The second kappa shape index (κ2) is 7.35. The van der Waals surface area contributed by atoms with Crippen molar-refractivity contribution in [3.63, 3.8) is 0 Å². The predicted molar refractivity (Wildman–Crippen MR) is 114 cm³/mol. The van der Waals surface area contributed by atoms with E-state index < -0.39 is 42.6 Å². The summed E-state index contributed by atoms with van der Waals surface area (Å²) >= 11 is 12.4. The maximum Gasteiger partial charge on any atom is 0.164 e. The summed E-state index contributed by atoms with van der Waals surface area (Å²) in [4.78, 5) is 8.43. The SMILES string of the molecule is CC1(C)O[C@@H]2[C@H]([C@@H]3OC[C@H](F)c4cc(Cl)ccc43)O[C@@H](n3ccc4c(Cl)ncnc43)[C@@H]2O1. The summed E-state index contributed by atoms with van der Waals surface area (Å²) in [7, 11) is 0. The van der Waals surface area contributed by atoms with E-state index in [0.717, 1.165) is 0 Å². The number of hydrogen-bond acceptors (Lipinski definition) is 6. The van der Waals surface area contributed by atoms with Crippen molar-refractivity contribution < 1.29 is 23.3 Å². The molecule has 0 saturated carbocycles. The number of nitrogens with zero attached hydrogens (tertiary/aromatic N) is 3. The van der Waals surface area contributed by atoms with Gasteiger partial charge in [-0.1, -0.05) is 29.3 Å². The zero-order chi connectivity index (χ0) is 22.2. The van der Waals surface area contributed by atoms with Crippen molar-refractivity contribution in [3.8, 4) is 0 Å². The molecule has 0 unspecified atom stereocenters. The van der Waals surface area contributed by atoms with E-state index in [-0.39, 0.29) is 6.61 Å². The highest BCUT2D eigenvalue weighted by Gasteiger charge is 2.59. The molecule has 32 heavy (non-hydrogen) atoms. The molecule has 0 spiro atoms. The van der Waals surface area contributed by atoms with E-state index >= 15 is 0 Å². The van der Waals surface area contributed by atoms with E-state index in [4.69, 9.17) is 42.1 Å². The van der Waals surface area contributed by atoms with Gasteiger partial charge in [0, 0.05) is 11.2 Å². The molecule has 0 N–H and O–H groups in total. The number of hydrogen-bond donors (Lipinski definition) is 0.